The van der Waals surface area contributed by atoms with Crippen LogP contribution in [-0.4, -0.2) is 43.7 Å². The van der Waals surface area contributed by atoms with Crippen molar-refractivity contribution < 1.29 is 41.8 Å². The number of phosphoric acid groups is 1. The second-order valence-corrected chi connectivity index (χ2v) is 15.1. The molecule has 3 unspecified atom stereocenters. The first kappa shape index (κ1) is 40.1. The summed E-state index contributed by atoms with van der Waals surface area (Å²) in [5.74, 6) is 0.646. The molecule has 294 valence electrons. The van der Waals surface area contributed by atoms with Crippen LogP contribution in [0.15, 0.2) is 182 Å². The van der Waals surface area contributed by atoms with Crippen LogP contribution >= 0.6 is 7.82 Å². The highest BCUT2D eigenvalue weighted by Gasteiger charge is 2.49. The monoisotopic (exact) mass is 786 g/mol. The van der Waals surface area contributed by atoms with Crippen LogP contribution in [0.3, 0.4) is 0 Å². The third-order valence-electron chi connectivity index (χ3n) is 9.30. The minimum absolute atomic E-state index is 0.167. The van der Waals surface area contributed by atoms with Crippen molar-refractivity contribution >= 4 is 7.82 Å². The fourth-order valence-electron chi connectivity index (χ4n) is 6.48. The third kappa shape index (κ3) is 12.2. The summed E-state index contributed by atoms with van der Waals surface area (Å²) in [6.07, 6.45) is -3.57. The molecule has 0 amide bonds. The molecule has 9 nitrogen and oxygen atoms in total. The average molecular weight is 787 g/mol. The van der Waals surface area contributed by atoms with Crippen molar-refractivity contribution in [2.24, 2.45) is 0 Å². The van der Waals surface area contributed by atoms with Crippen molar-refractivity contribution in [2.75, 3.05) is 13.2 Å². The first-order valence-electron chi connectivity index (χ1n) is 19.1. The zero-order valence-electron chi connectivity index (χ0n) is 31.6. The summed E-state index contributed by atoms with van der Waals surface area (Å²) in [6.45, 7) is 1.12. The summed E-state index contributed by atoms with van der Waals surface area (Å²) < 4.78 is 66.3. The van der Waals surface area contributed by atoms with Crippen molar-refractivity contribution in [3.05, 3.63) is 204 Å². The topological polar surface area (TPSA) is 90.9 Å². The summed E-state index contributed by atoms with van der Waals surface area (Å²) in [5, 5.41) is 0. The molecular formula is C47H47O9P. The molecule has 0 spiro atoms. The number of hydrogen-bond acceptors (Lipinski definition) is 9. The molecule has 0 aliphatic carbocycles. The lowest BCUT2D eigenvalue weighted by Gasteiger charge is -2.46. The lowest BCUT2D eigenvalue weighted by atomic mass is 9.94. The molecule has 5 atom stereocenters. The van der Waals surface area contributed by atoms with E-state index in [1.54, 1.807) is 48.5 Å². The molecule has 0 bridgehead atoms. The molecule has 6 aromatic rings. The van der Waals surface area contributed by atoms with Crippen molar-refractivity contribution in [2.45, 2.75) is 56.9 Å². The van der Waals surface area contributed by atoms with Gasteiger partial charge >= 0.3 is 7.82 Å². The lowest BCUT2D eigenvalue weighted by molar-refractivity contribution is -0.276. The zero-order valence-corrected chi connectivity index (χ0v) is 32.5. The van der Waals surface area contributed by atoms with Gasteiger partial charge in [-0.15, -0.1) is 0 Å². The molecule has 0 saturated carbocycles. The normalized spacial score (nSPS) is 19.5. The van der Waals surface area contributed by atoms with E-state index in [2.05, 4.69) is 0 Å². The first-order chi connectivity index (χ1) is 28.1. The molecule has 6 aromatic carbocycles. The average Bonchev–Trinajstić information content (AvgIpc) is 3.26. The first-order valence-corrected chi connectivity index (χ1v) is 20.5. The smallest absolute Gasteiger partial charge is 0.395 e. The minimum Gasteiger partial charge on any atom is -0.395 e. The Kier molecular flexibility index (Phi) is 14.7. The van der Waals surface area contributed by atoms with Crippen LogP contribution < -0.4 is 9.05 Å². The highest BCUT2D eigenvalue weighted by atomic mass is 31.2. The van der Waals surface area contributed by atoms with E-state index >= 15 is 0 Å². The van der Waals surface area contributed by atoms with Gasteiger partial charge in [-0.2, -0.15) is 0 Å². The Balaban J connectivity index is 1.21. The van der Waals surface area contributed by atoms with E-state index < -0.39 is 38.3 Å². The maximum atomic E-state index is 14.6. The molecule has 10 heteroatoms. The van der Waals surface area contributed by atoms with Crippen LogP contribution in [-0.2, 0) is 59.2 Å². The van der Waals surface area contributed by atoms with E-state index in [1.165, 1.54) is 0 Å². The van der Waals surface area contributed by atoms with Crippen LogP contribution in [0.2, 0.25) is 0 Å². The Hall–Kier alpha value is -5.09. The van der Waals surface area contributed by atoms with Gasteiger partial charge < -0.3 is 32.7 Å². The van der Waals surface area contributed by atoms with Gasteiger partial charge in [0.1, 0.15) is 42.0 Å². The fourth-order valence-corrected chi connectivity index (χ4v) is 7.71. The number of para-hydroxylation sites is 2. The number of rotatable bonds is 20. The summed E-state index contributed by atoms with van der Waals surface area (Å²) in [5.41, 5.74) is 3.95. The lowest BCUT2D eigenvalue weighted by Crippen LogP contribution is -2.62. The highest BCUT2D eigenvalue weighted by molar-refractivity contribution is 7.49. The Morgan fingerprint density at radius 1 is 0.404 bits per heavy atom. The molecule has 1 heterocycles. The van der Waals surface area contributed by atoms with Gasteiger partial charge in [-0.25, -0.2) is 4.57 Å². The van der Waals surface area contributed by atoms with E-state index in [1.807, 2.05) is 133 Å². The van der Waals surface area contributed by atoms with Gasteiger partial charge in [0.2, 0.25) is 0 Å². The Morgan fingerprint density at radius 2 is 0.737 bits per heavy atom. The largest absolute Gasteiger partial charge is 0.587 e. The van der Waals surface area contributed by atoms with Crippen molar-refractivity contribution in [1.82, 2.24) is 0 Å². The van der Waals surface area contributed by atoms with Gasteiger partial charge in [0.15, 0.2) is 0 Å². The van der Waals surface area contributed by atoms with Gasteiger partial charge in [-0.1, -0.05) is 158 Å². The standard InChI is InChI=1S/C47H47O9P/c48-57(55-41-27-15-5-16-28-41,56-42-29-17-6-18-30-42)53-36-44-46(51-33-39-23-11-3-12-24-39)47(52-34-40-25-13-4-14-26-40)45(50-32-38-21-9-2-10-22-38)43(54-44)35-49-31-37-19-7-1-8-20-37/h1-30,43-47H,31-36H2/t43?,44-,45+,46?,47?/m1/s1. The Bertz CT molecular complexity index is 2010. The van der Waals surface area contributed by atoms with E-state index in [-0.39, 0.29) is 26.4 Å². The highest BCUT2D eigenvalue weighted by Crippen LogP contribution is 2.50. The second-order valence-electron chi connectivity index (χ2n) is 13.5. The molecule has 1 fully saturated rings. The fraction of sp³-hybridized carbons (Fsp3) is 0.234. The maximum Gasteiger partial charge on any atom is 0.587 e. The van der Waals surface area contributed by atoms with Crippen molar-refractivity contribution in [3.8, 4) is 11.5 Å². The van der Waals surface area contributed by atoms with E-state index in [0.29, 0.717) is 24.7 Å². The molecule has 1 aliphatic rings. The third-order valence-corrected chi connectivity index (χ3v) is 10.6. The van der Waals surface area contributed by atoms with Crippen LogP contribution in [0.1, 0.15) is 22.3 Å². The quantitative estimate of drug-likeness (QED) is 0.0702. The van der Waals surface area contributed by atoms with E-state index in [9.17, 15) is 4.57 Å². The van der Waals surface area contributed by atoms with Crippen LogP contribution in [0.4, 0.5) is 0 Å². The summed E-state index contributed by atoms with van der Waals surface area (Å²) in [4.78, 5) is 0. The summed E-state index contributed by atoms with van der Waals surface area (Å²) in [6, 6.07) is 57.3. The van der Waals surface area contributed by atoms with Gasteiger partial charge in [0.05, 0.1) is 39.6 Å². The van der Waals surface area contributed by atoms with Gasteiger partial charge in [-0.3, -0.25) is 4.52 Å². The molecule has 57 heavy (non-hydrogen) atoms. The number of phosphoric ester groups is 1. The SMILES string of the molecule is O=P(OC[C@H]1OC(COCc2ccccc2)[C@H](OCc2ccccc2)C(OCc2ccccc2)C1OCc1ccccc1)(Oc1ccccc1)Oc1ccccc1. The summed E-state index contributed by atoms with van der Waals surface area (Å²) in [7, 11) is -4.30. The predicted octanol–water partition coefficient (Wildman–Crippen LogP) is 10.0. The minimum atomic E-state index is -4.30. The van der Waals surface area contributed by atoms with Crippen LogP contribution in [0.25, 0.3) is 0 Å². The molecule has 7 rings (SSSR count). The van der Waals surface area contributed by atoms with Crippen LogP contribution in [0, 0.1) is 0 Å². The van der Waals surface area contributed by atoms with E-state index in [0.717, 1.165) is 22.3 Å². The predicted molar refractivity (Wildman–Crippen MR) is 218 cm³/mol. The Morgan fingerprint density at radius 3 is 1.14 bits per heavy atom. The number of benzene rings is 6. The number of ether oxygens (including phenoxy) is 5. The maximum absolute atomic E-state index is 14.6. The van der Waals surface area contributed by atoms with Crippen molar-refractivity contribution in [3.63, 3.8) is 0 Å². The number of hydrogen-bond donors (Lipinski definition) is 0. The van der Waals surface area contributed by atoms with Gasteiger partial charge in [-0.05, 0) is 46.5 Å². The zero-order chi connectivity index (χ0) is 39.0. The van der Waals surface area contributed by atoms with Gasteiger partial charge in [0.25, 0.3) is 0 Å². The molecule has 0 aromatic heterocycles. The molecule has 1 saturated heterocycles. The Labute approximate surface area is 334 Å². The second kappa shape index (κ2) is 20.9. The molecule has 1 aliphatic heterocycles. The van der Waals surface area contributed by atoms with Crippen LogP contribution in [0.5, 0.6) is 11.5 Å². The van der Waals surface area contributed by atoms with E-state index in [4.69, 9.17) is 37.3 Å². The molecule has 0 radical (unpaired) electrons. The molecule has 0 N–H and O–H groups in total. The molecular weight excluding hydrogens is 739 g/mol. The van der Waals surface area contributed by atoms with Gasteiger partial charge in [0, 0.05) is 0 Å². The van der Waals surface area contributed by atoms with Crippen molar-refractivity contribution in [1.29, 1.82) is 0 Å². The summed E-state index contributed by atoms with van der Waals surface area (Å²) >= 11 is 0.